The van der Waals surface area contributed by atoms with Crippen molar-refractivity contribution in [1.82, 2.24) is 15.2 Å². The highest BCUT2D eigenvalue weighted by Gasteiger charge is 2.47. The Balaban J connectivity index is 1.75. The van der Waals surface area contributed by atoms with Gasteiger partial charge in [0.25, 0.3) is 11.5 Å². The fraction of sp³-hybridized carbons (Fsp3) is 0.400. The lowest BCUT2D eigenvalue weighted by molar-refractivity contribution is 0.0712. The maximum absolute atomic E-state index is 13.2. The second kappa shape index (κ2) is 6.15. The number of hydrogen-bond donors (Lipinski definition) is 2. The molecule has 4 rings (SSSR count). The van der Waals surface area contributed by atoms with Gasteiger partial charge in [0.15, 0.2) is 0 Å². The van der Waals surface area contributed by atoms with Gasteiger partial charge in [0.05, 0.1) is 6.04 Å². The monoisotopic (exact) mass is 337 g/mol. The Morgan fingerprint density at radius 2 is 1.92 bits per heavy atom. The molecule has 25 heavy (non-hydrogen) atoms. The normalized spacial score (nSPS) is 25.2. The first-order valence-electron chi connectivity index (χ1n) is 8.83. The van der Waals surface area contributed by atoms with E-state index in [0.717, 1.165) is 18.8 Å². The second-order valence-corrected chi connectivity index (χ2v) is 7.23. The lowest BCUT2D eigenvalue weighted by atomic mass is 9.87. The average Bonchev–Trinajstić information content (AvgIpc) is 3.16. The fourth-order valence-electron chi connectivity index (χ4n) is 4.34. The van der Waals surface area contributed by atoms with E-state index in [2.05, 4.69) is 29.4 Å². The van der Waals surface area contributed by atoms with Gasteiger partial charge in [0.1, 0.15) is 5.56 Å². The summed E-state index contributed by atoms with van der Waals surface area (Å²) in [5, 5.41) is 3.46. The Bertz CT molecular complexity index is 873. The molecule has 0 unspecified atom stereocenters. The minimum atomic E-state index is -0.302. The van der Waals surface area contributed by atoms with E-state index in [0.29, 0.717) is 18.4 Å². The maximum Gasteiger partial charge on any atom is 0.260 e. The molecule has 0 bridgehead atoms. The zero-order chi connectivity index (χ0) is 17.6. The first kappa shape index (κ1) is 16.1. The number of aromatic amines is 1. The molecule has 2 aliphatic heterocycles. The van der Waals surface area contributed by atoms with Gasteiger partial charge in [-0.15, -0.1) is 0 Å². The molecular formula is C20H23N3O2. The molecular weight excluding hydrogens is 314 g/mol. The first-order chi connectivity index (χ1) is 12.1. The van der Waals surface area contributed by atoms with Crippen molar-refractivity contribution in [1.29, 1.82) is 0 Å². The van der Waals surface area contributed by atoms with Gasteiger partial charge in [-0.3, -0.25) is 9.59 Å². The third kappa shape index (κ3) is 2.68. The standard InChI is InChI=1S/C20H23N3O2/c1-12-5-3-4-6-15(12)18-17-10-21-9-14(17)11-23(18)20(25)16-8-7-13(2)22-19(16)24/h3-8,14,17-18,21H,9-11H2,1-2H3,(H,22,24)/t14-,17-,18-/m0/s1. The van der Waals surface area contributed by atoms with E-state index in [4.69, 9.17) is 0 Å². The molecule has 2 saturated heterocycles. The van der Waals surface area contributed by atoms with Crippen molar-refractivity contribution in [2.45, 2.75) is 19.9 Å². The predicted octanol–water partition coefficient (Wildman–Crippen LogP) is 2.02. The Hall–Kier alpha value is -2.40. The molecule has 2 fully saturated rings. The summed E-state index contributed by atoms with van der Waals surface area (Å²) >= 11 is 0. The second-order valence-electron chi connectivity index (χ2n) is 7.23. The van der Waals surface area contributed by atoms with Crippen LogP contribution < -0.4 is 10.9 Å². The number of nitrogens with zero attached hydrogens (tertiary/aromatic N) is 1. The van der Waals surface area contributed by atoms with Crippen molar-refractivity contribution in [3.8, 4) is 0 Å². The summed E-state index contributed by atoms with van der Waals surface area (Å²) in [7, 11) is 0. The Morgan fingerprint density at radius 3 is 2.68 bits per heavy atom. The van der Waals surface area contributed by atoms with E-state index in [1.54, 1.807) is 12.1 Å². The number of fused-ring (bicyclic) bond motifs is 1. The molecule has 2 aromatic rings. The molecule has 5 heteroatoms. The predicted molar refractivity (Wildman–Crippen MR) is 96.6 cm³/mol. The lowest BCUT2D eigenvalue weighted by Crippen LogP contribution is -2.37. The van der Waals surface area contributed by atoms with Crippen molar-refractivity contribution in [3.63, 3.8) is 0 Å². The fourth-order valence-corrected chi connectivity index (χ4v) is 4.34. The summed E-state index contributed by atoms with van der Waals surface area (Å²) in [5.41, 5.74) is 3.08. The van der Waals surface area contributed by atoms with Gasteiger partial charge in [-0.1, -0.05) is 24.3 Å². The number of nitrogens with one attached hydrogen (secondary N) is 2. The number of carbonyl (C=O) groups is 1. The minimum Gasteiger partial charge on any atom is -0.331 e. The molecule has 2 N–H and O–H groups in total. The van der Waals surface area contributed by atoms with Crippen LogP contribution >= 0.6 is 0 Å². The van der Waals surface area contributed by atoms with Crippen LogP contribution in [-0.2, 0) is 0 Å². The Labute approximate surface area is 147 Å². The zero-order valence-electron chi connectivity index (χ0n) is 14.6. The summed E-state index contributed by atoms with van der Waals surface area (Å²) in [6.45, 7) is 6.45. The van der Waals surface area contributed by atoms with Gasteiger partial charge in [-0.25, -0.2) is 0 Å². The molecule has 130 valence electrons. The first-order valence-corrected chi connectivity index (χ1v) is 8.83. The van der Waals surface area contributed by atoms with Gasteiger partial charge in [0.2, 0.25) is 0 Å². The molecule has 1 aromatic heterocycles. The van der Waals surface area contributed by atoms with Crippen LogP contribution in [0.2, 0.25) is 0 Å². The Kier molecular flexibility index (Phi) is 3.96. The number of H-pyrrole nitrogens is 1. The lowest BCUT2D eigenvalue weighted by Gasteiger charge is -2.29. The quantitative estimate of drug-likeness (QED) is 0.881. The molecule has 3 heterocycles. The molecule has 0 saturated carbocycles. The zero-order valence-corrected chi connectivity index (χ0v) is 14.6. The largest absolute Gasteiger partial charge is 0.331 e. The van der Waals surface area contributed by atoms with Crippen molar-refractivity contribution in [2.75, 3.05) is 19.6 Å². The summed E-state index contributed by atoms with van der Waals surface area (Å²) in [4.78, 5) is 30.1. The van der Waals surface area contributed by atoms with E-state index in [9.17, 15) is 9.59 Å². The number of amides is 1. The van der Waals surface area contributed by atoms with E-state index < -0.39 is 0 Å². The van der Waals surface area contributed by atoms with Crippen molar-refractivity contribution >= 4 is 5.91 Å². The van der Waals surface area contributed by atoms with E-state index >= 15 is 0 Å². The number of benzene rings is 1. The molecule has 3 atom stereocenters. The third-order valence-corrected chi connectivity index (χ3v) is 5.62. The van der Waals surface area contributed by atoms with Crippen LogP contribution in [0, 0.1) is 25.7 Å². The van der Waals surface area contributed by atoms with Gasteiger partial charge in [-0.2, -0.15) is 0 Å². The van der Waals surface area contributed by atoms with Crippen molar-refractivity contribution in [3.05, 3.63) is 69.1 Å². The molecule has 0 spiro atoms. The Morgan fingerprint density at radius 1 is 1.12 bits per heavy atom. The molecule has 2 aliphatic rings. The average molecular weight is 337 g/mol. The number of likely N-dealkylation sites (tertiary alicyclic amines) is 1. The van der Waals surface area contributed by atoms with E-state index in [1.807, 2.05) is 24.0 Å². The topological polar surface area (TPSA) is 65.2 Å². The van der Waals surface area contributed by atoms with Crippen LogP contribution in [0.1, 0.15) is 33.2 Å². The minimum absolute atomic E-state index is 0.0226. The smallest absolute Gasteiger partial charge is 0.260 e. The van der Waals surface area contributed by atoms with Crippen molar-refractivity contribution < 1.29 is 4.79 Å². The number of rotatable bonds is 2. The number of hydrogen-bond acceptors (Lipinski definition) is 3. The van der Waals surface area contributed by atoms with E-state index in [-0.39, 0.29) is 23.1 Å². The van der Waals surface area contributed by atoms with Crippen molar-refractivity contribution in [2.24, 2.45) is 11.8 Å². The van der Waals surface area contributed by atoms with Gasteiger partial charge in [-0.05, 0) is 43.0 Å². The highest BCUT2D eigenvalue weighted by molar-refractivity contribution is 5.94. The van der Waals surface area contributed by atoms with Gasteiger partial charge < -0.3 is 15.2 Å². The molecule has 1 amide bonds. The number of pyridine rings is 1. The van der Waals surface area contributed by atoms with Crippen LogP contribution in [0.3, 0.4) is 0 Å². The van der Waals surface area contributed by atoms with E-state index in [1.165, 1.54) is 11.1 Å². The van der Waals surface area contributed by atoms with Crippen LogP contribution in [0.5, 0.6) is 0 Å². The summed E-state index contributed by atoms with van der Waals surface area (Å²) in [6, 6.07) is 11.7. The number of aromatic nitrogens is 1. The van der Waals surface area contributed by atoms with Gasteiger partial charge in [0, 0.05) is 31.2 Å². The summed E-state index contributed by atoms with van der Waals surface area (Å²) < 4.78 is 0. The molecule has 0 radical (unpaired) electrons. The maximum atomic E-state index is 13.2. The van der Waals surface area contributed by atoms with Crippen LogP contribution in [-0.4, -0.2) is 35.4 Å². The highest BCUT2D eigenvalue weighted by atomic mass is 16.2. The van der Waals surface area contributed by atoms with Crippen LogP contribution in [0.15, 0.2) is 41.2 Å². The highest BCUT2D eigenvalue weighted by Crippen LogP contribution is 2.43. The summed E-state index contributed by atoms with van der Waals surface area (Å²) in [6.07, 6.45) is 0. The van der Waals surface area contributed by atoms with Crippen LogP contribution in [0.4, 0.5) is 0 Å². The molecule has 1 aromatic carbocycles. The molecule has 5 nitrogen and oxygen atoms in total. The van der Waals surface area contributed by atoms with Gasteiger partial charge >= 0.3 is 0 Å². The molecule has 0 aliphatic carbocycles. The van der Waals surface area contributed by atoms with Crippen LogP contribution in [0.25, 0.3) is 0 Å². The number of aryl methyl sites for hydroxylation is 2. The third-order valence-electron chi connectivity index (χ3n) is 5.62. The SMILES string of the molecule is Cc1ccc(C(=O)N2C[C@@H]3CNC[C@@H]3[C@@H]2c2ccccc2C)c(=O)[nH]1. The summed E-state index contributed by atoms with van der Waals surface area (Å²) in [5.74, 6) is 0.677. The number of carbonyl (C=O) groups excluding carboxylic acids is 1.